The number of fused-ring (bicyclic) bond motifs is 4. The SMILES string of the molecule is CC(C)[C@@H](NC(=O)OCC1c2ccccc2-c2ccccc21)C(=O)N1CC2CCCC2C1C(=O)O. The quantitative estimate of drug-likeness (QED) is 0.650. The number of hydrogen-bond acceptors (Lipinski definition) is 4. The summed E-state index contributed by atoms with van der Waals surface area (Å²) in [6, 6.07) is 14.6. The van der Waals surface area contributed by atoms with E-state index in [0.29, 0.717) is 6.54 Å². The fourth-order valence-electron chi connectivity index (χ4n) is 6.31. The Bertz CT molecular complexity index is 1100. The molecule has 2 N–H and O–H groups in total. The fourth-order valence-corrected chi connectivity index (χ4v) is 6.31. The summed E-state index contributed by atoms with van der Waals surface area (Å²) in [5.41, 5.74) is 4.52. The minimum absolute atomic E-state index is 0.00119. The number of carboxylic acid groups (broad SMARTS) is 1. The largest absolute Gasteiger partial charge is 0.480 e. The second-order valence-corrected chi connectivity index (χ2v) is 10.3. The molecule has 2 aliphatic carbocycles. The number of alkyl carbamates (subject to hydrolysis) is 1. The van der Waals surface area contributed by atoms with Crippen molar-refractivity contribution in [3.8, 4) is 11.1 Å². The number of nitrogens with one attached hydrogen (secondary N) is 1. The summed E-state index contributed by atoms with van der Waals surface area (Å²) in [6.45, 7) is 4.29. The standard InChI is InChI=1S/C28H32N2O5/c1-16(2)24(26(31)30-14-17-8-7-13-18(17)25(30)27(32)33)29-28(34)35-15-23-21-11-5-3-9-19(21)20-10-4-6-12-22(20)23/h3-6,9-12,16-18,23-25H,7-8,13-15H2,1-2H3,(H,29,34)(H,32,33)/t17?,18?,24-,25?/m1/s1. The first-order chi connectivity index (χ1) is 16.9. The third-order valence-electron chi connectivity index (χ3n) is 7.98. The Labute approximate surface area is 205 Å². The van der Waals surface area contributed by atoms with Gasteiger partial charge in [-0.05, 0) is 52.8 Å². The summed E-state index contributed by atoms with van der Waals surface area (Å²) < 4.78 is 5.64. The molecule has 7 nitrogen and oxygen atoms in total. The summed E-state index contributed by atoms with van der Waals surface area (Å²) in [5.74, 6) is -1.36. The number of ether oxygens (including phenoxy) is 1. The molecule has 2 amide bonds. The van der Waals surface area contributed by atoms with Crippen molar-refractivity contribution in [1.29, 1.82) is 0 Å². The van der Waals surface area contributed by atoms with Gasteiger partial charge in [-0.1, -0.05) is 68.8 Å². The number of benzene rings is 2. The fraction of sp³-hybridized carbons (Fsp3) is 0.464. The molecule has 2 fully saturated rings. The van der Waals surface area contributed by atoms with Crippen LogP contribution in [0.1, 0.15) is 50.2 Å². The van der Waals surface area contributed by atoms with Crippen LogP contribution in [-0.4, -0.2) is 53.2 Å². The predicted molar refractivity (Wildman–Crippen MR) is 131 cm³/mol. The van der Waals surface area contributed by atoms with Crippen molar-refractivity contribution in [2.75, 3.05) is 13.2 Å². The van der Waals surface area contributed by atoms with E-state index in [9.17, 15) is 19.5 Å². The third-order valence-corrected chi connectivity index (χ3v) is 7.98. The maximum Gasteiger partial charge on any atom is 0.407 e. The second kappa shape index (κ2) is 9.36. The average Bonchev–Trinajstić information content (AvgIpc) is 3.52. The second-order valence-electron chi connectivity index (χ2n) is 10.3. The lowest BCUT2D eigenvalue weighted by Gasteiger charge is -2.30. The monoisotopic (exact) mass is 476 g/mol. The van der Waals surface area contributed by atoms with Crippen LogP contribution in [0, 0.1) is 17.8 Å². The Morgan fingerprint density at radius 3 is 2.26 bits per heavy atom. The van der Waals surface area contributed by atoms with Gasteiger partial charge in [0, 0.05) is 12.5 Å². The first-order valence-corrected chi connectivity index (χ1v) is 12.5. The van der Waals surface area contributed by atoms with Crippen LogP contribution in [0.2, 0.25) is 0 Å². The van der Waals surface area contributed by atoms with Gasteiger partial charge in [0.05, 0.1) is 0 Å². The number of rotatable bonds is 6. The lowest BCUT2D eigenvalue weighted by Crippen LogP contribution is -2.54. The molecule has 7 heteroatoms. The zero-order valence-corrected chi connectivity index (χ0v) is 20.1. The number of amides is 2. The molecule has 0 aromatic heterocycles. The highest BCUT2D eigenvalue weighted by atomic mass is 16.5. The van der Waals surface area contributed by atoms with Crippen LogP contribution in [-0.2, 0) is 14.3 Å². The number of carboxylic acids is 1. The molecule has 3 unspecified atom stereocenters. The molecular formula is C28H32N2O5. The lowest BCUT2D eigenvalue weighted by atomic mass is 9.94. The molecule has 3 aliphatic rings. The minimum atomic E-state index is -0.962. The average molecular weight is 477 g/mol. The first-order valence-electron chi connectivity index (χ1n) is 12.5. The van der Waals surface area contributed by atoms with Crippen LogP contribution in [0.5, 0.6) is 0 Å². The van der Waals surface area contributed by atoms with Gasteiger partial charge in [-0.3, -0.25) is 4.79 Å². The highest BCUT2D eigenvalue weighted by Gasteiger charge is 2.51. The molecule has 2 aromatic rings. The summed E-state index contributed by atoms with van der Waals surface area (Å²) in [4.78, 5) is 39.8. The van der Waals surface area contributed by atoms with Crippen LogP contribution in [0.3, 0.4) is 0 Å². The van der Waals surface area contributed by atoms with Gasteiger partial charge in [0.15, 0.2) is 0 Å². The van der Waals surface area contributed by atoms with Crippen LogP contribution in [0.15, 0.2) is 48.5 Å². The Morgan fingerprint density at radius 1 is 1.03 bits per heavy atom. The first kappa shape index (κ1) is 23.4. The molecule has 0 bridgehead atoms. The normalized spacial score (nSPS) is 23.5. The molecule has 1 heterocycles. The molecule has 35 heavy (non-hydrogen) atoms. The van der Waals surface area contributed by atoms with E-state index < -0.39 is 24.1 Å². The predicted octanol–water partition coefficient (Wildman–Crippen LogP) is 4.26. The van der Waals surface area contributed by atoms with Crippen molar-refractivity contribution < 1.29 is 24.2 Å². The van der Waals surface area contributed by atoms with Gasteiger partial charge >= 0.3 is 12.1 Å². The van der Waals surface area contributed by atoms with Gasteiger partial charge in [0.25, 0.3) is 0 Å². The number of likely N-dealkylation sites (tertiary alicyclic amines) is 1. The Kier molecular flexibility index (Phi) is 6.26. The molecule has 1 aliphatic heterocycles. The third kappa shape index (κ3) is 4.17. The smallest absolute Gasteiger partial charge is 0.407 e. The van der Waals surface area contributed by atoms with Gasteiger partial charge in [0.1, 0.15) is 18.7 Å². The van der Waals surface area contributed by atoms with E-state index in [1.54, 1.807) is 0 Å². The van der Waals surface area contributed by atoms with Crippen molar-refractivity contribution in [3.05, 3.63) is 59.7 Å². The number of carbonyl (C=O) groups is 3. The zero-order valence-electron chi connectivity index (χ0n) is 20.1. The van der Waals surface area contributed by atoms with Crippen LogP contribution >= 0.6 is 0 Å². The molecule has 0 radical (unpaired) electrons. The molecule has 184 valence electrons. The minimum Gasteiger partial charge on any atom is -0.480 e. The van der Waals surface area contributed by atoms with Crippen LogP contribution < -0.4 is 5.32 Å². The Morgan fingerprint density at radius 2 is 1.66 bits per heavy atom. The lowest BCUT2D eigenvalue weighted by molar-refractivity contribution is -0.150. The Balaban J connectivity index is 1.27. The van der Waals surface area contributed by atoms with Crippen LogP contribution in [0.4, 0.5) is 4.79 Å². The molecule has 1 saturated carbocycles. The van der Waals surface area contributed by atoms with Crippen molar-refractivity contribution in [2.24, 2.45) is 17.8 Å². The number of hydrogen-bond donors (Lipinski definition) is 2. The van der Waals surface area contributed by atoms with E-state index in [4.69, 9.17) is 4.74 Å². The molecule has 2 aromatic carbocycles. The van der Waals surface area contributed by atoms with Crippen molar-refractivity contribution in [1.82, 2.24) is 10.2 Å². The Hall–Kier alpha value is -3.35. The van der Waals surface area contributed by atoms with Crippen LogP contribution in [0.25, 0.3) is 11.1 Å². The molecule has 0 spiro atoms. The van der Waals surface area contributed by atoms with Crippen molar-refractivity contribution in [2.45, 2.75) is 51.1 Å². The zero-order chi connectivity index (χ0) is 24.7. The van der Waals surface area contributed by atoms with Gasteiger partial charge in [-0.15, -0.1) is 0 Å². The summed E-state index contributed by atoms with van der Waals surface area (Å²) in [7, 11) is 0. The van der Waals surface area contributed by atoms with Crippen molar-refractivity contribution in [3.63, 3.8) is 0 Å². The van der Waals surface area contributed by atoms with Gasteiger partial charge < -0.3 is 20.1 Å². The highest BCUT2D eigenvalue weighted by Crippen LogP contribution is 2.45. The van der Waals surface area contributed by atoms with E-state index in [2.05, 4.69) is 29.6 Å². The van der Waals surface area contributed by atoms with Crippen molar-refractivity contribution >= 4 is 18.0 Å². The molecular weight excluding hydrogens is 444 g/mol. The van der Waals surface area contributed by atoms with E-state index in [1.807, 2.05) is 38.1 Å². The van der Waals surface area contributed by atoms with Gasteiger partial charge in [0.2, 0.25) is 5.91 Å². The number of carbonyl (C=O) groups excluding carboxylic acids is 2. The van der Waals surface area contributed by atoms with E-state index >= 15 is 0 Å². The van der Waals surface area contributed by atoms with Gasteiger partial charge in [-0.25, -0.2) is 9.59 Å². The maximum atomic E-state index is 13.4. The topological polar surface area (TPSA) is 95.9 Å². The van der Waals surface area contributed by atoms with E-state index in [0.717, 1.165) is 41.5 Å². The van der Waals surface area contributed by atoms with Gasteiger partial charge in [-0.2, -0.15) is 0 Å². The summed E-state index contributed by atoms with van der Waals surface area (Å²) in [5, 5.41) is 12.6. The molecule has 4 atom stereocenters. The summed E-state index contributed by atoms with van der Waals surface area (Å²) in [6.07, 6.45) is 2.12. The number of aliphatic carboxylic acids is 1. The summed E-state index contributed by atoms with van der Waals surface area (Å²) >= 11 is 0. The molecule has 5 rings (SSSR count). The highest BCUT2D eigenvalue weighted by molar-refractivity contribution is 5.90. The maximum absolute atomic E-state index is 13.4. The number of nitrogens with zero attached hydrogens (tertiary/aromatic N) is 1. The van der Waals surface area contributed by atoms with E-state index in [1.165, 1.54) is 4.90 Å². The molecule has 1 saturated heterocycles. The van der Waals surface area contributed by atoms with E-state index in [-0.39, 0.29) is 36.2 Å².